The summed E-state index contributed by atoms with van der Waals surface area (Å²) >= 11 is 5.74. The third-order valence-corrected chi connectivity index (χ3v) is 4.71. The molecule has 2 heterocycles. The van der Waals surface area contributed by atoms with Gasteiger partial charge in [-0.05, 0) is 30.3 Å². The van der Waals surface area contributed by atoms with Crippen LogP contribution in [-0.4, -0.2) is 32.1 Å². The van der Waals surface area contributed by atoms with Crippen molar-refractivity contribution >= 4 is 46.7 Å². The first-order chi connectivity index (χ1) is 16.4. The van der Waals surface area contributed by atoms with Crippen LogP contribution in [0, 0.1) is 5.82 Å². The molecule has 0 unspecified atom stereocenters. The Bertz CT molecular complexity index is 1370. The van der Waals surface area contributed by atoms with Crippen LogP contribution in [-0.2, 0) is 6.18 Å². The van der Waals surface area contributed by atoms with Gasteiger partial charge in [-0.3, -0.25) is 0 Å². The number of carbonyl (C=O) groups is 1. The fraction of sp³-hybridized carbons (Fsp3) is 0.0476. The number of allylic oxidation sites excluding steroid dienone is 1. The van der Waals surface area contributed by atoms with Gasteiger partial charge in [0.15, 0.2) is 5.69 Å². The Morgan fingerprint density at radius 2 is 2.00 bits per heavy atom. The number of aliphatic imine (C=N–C) groups is 1. The summed E-state index contributed by atoms with van der Waals surface area (Å²) in [5.41, 5.74) is 10.5. The predicted molar refractivity (Wildman–Crippen MR) is 123 cm³/mol. The number of hydrogen-bond acceptors (Lipinski definition) is 7. The van der Waals surface area contributed by atoms with Crippen molar-refractivity contribution in [1.29, 1.82) is 0 Å². The Morgan fingerprint density at radius 1 is 1.29 bits per heavy atom. The maximum Gasteiger partial charge on any atom is 0.435 e. The van der Waals surface area contributed by atoms with Crippen molar-refractivity contribution in [3.05, 3.63) is 82.8 Å². The van der Waals surface area contributed by atoms with Crippen LogP contribution >= 0.6 is 11.6 Å². The summed E-state index contributed by atoms with van der Waals surface area (Å²) < 4.78 is 53.1. The average molecular weight is 510 g/mol. The van der Waals surface area contributed by atoms with E-state index in [1.807, 2.05) is 0 Å². The molecule has 0 bridgehead atoms. The lowest BCUT2D eigenvalue weighted by Crippen LogP contribution is -2.14. The summed E-state index contributed by atoms with van der Waals surface area (Å²) in [6, 6.07) is 5.62. The molecular weight excluding hydrogens is 494 g/mol. The van der Waals surface area contributed by atoms with Crippen molar-refractivity contribution in [3.63, 3.8) is 0 Å². The number of nitrogens with zero attached hydrogens (tertiary/aromatic N) is 4. The number of carboxylic acids is 1. The molecule has 182 valence electrons. The van der Waals surface area contributed by atoms with E-state index in [0.29, 0.717) is 11.8 Å². The van der Waals surface area contributed by atoms with Crippen LogP contribution in [0.25, 0.3) is 11.4 Å². The van der Waals surface area contributed by atoms with Crippen molar-refractivity contribution in [1.82, 2.24) is 14.8 Å². The summed E-state index contributed by atoms with van der Waals surface area (Å²) in [6.07, 6.45) is -1.46. The Labute approximate surface area is 200 Å². The maximum atomic E-state index is 13.4. The highest BCUT2D eigenvalue weighted by molar-refractivity contribution is 6.31. The van der Waals surface area contributed by atoms with Crippen molar-refractivity contribution < 1.29 is 27.5 Å². The number of aromatic nitrogens is 3. The second-order valence-electron chi connectivity index (χ2n) is 6.86. The number of nitrogen functional groups attached to an aromatic ring is 1. The molecule has 1 aromatic carbocycles. The van der Waals surface area contributed by atoms with Crippen LogP contribution in [0.3, 0.4) is 0 Å². The molecule has 0 radical (unpaired) electrons. The van der Waals surface area contributed by atoms with Crippen LogP contribution in [0.4, 0.5) is 29.1 Å². The minimum Gasteiger partial charge on any atom is -0.478 e. The Hall–Kier alpha value is -4.39. The Morgan fingerprint density at radius 3 is 2.60 bits per heavy atom. The molecule has 9 nitrogen and oxygen atoms in total. The molecule has 0 saturated heterocycles. The molecule has 6 N–H and O–H groups in total. The highest BCUT2D eigenvalue weighted by atomic mass is 35.5. The molecule has 3 aromatic rings. The fourth-order valence-corrected chi connectivity index (χ4v) is 2.91. The van der Waals surface area contributed by atoms with Gasteiger partial charge < -0.3 is 21.9 Å². The third-order valence-electron chi connectivity index (χ3n) is 4.42. The number of carboxylic acid groups (broad SMARTS) is 1. The molecule has 0 spiro atoms. The van der Waals surface area contributed by atoms with Crippen LogP contribution in [0.2, 0.25) is 5.02 Å². The van der Waals surface area contributed by atoms with Gasteiger partial charge in [-0.15, -0.1) is 0 Å². The first-order valence-corrected chi connectivity index (χ1v) is 9.82. The van der Waals surface area contributed by atoms with Crippen molar-refractivity contribution in [2.45, 2.75) is 6.18 Å². The number of alkyl halides is 3. The minimum atomic E-state index is -4.71. The highest BCUT2D eigenvalue weighted by Crippen LogP contribution is 2.28. The number of benzene rings is 1. The van der Waals surface area contributed by atoms with Gasteiger partial charge in [0.25, 0.3) is 0 Å². The van der Waals surface area contributed by atoms with Crippen LogP contribution in [0.5, 0.6) is 0 Å². The van der Waals surface area contributed by atoms with E-state index in [2.05, 4.69) is 27.0 Å². The molecule has 0 amide bonds. The molecule has 0 atom stereocenters. The number of anilines is 2. The monoisotopic (exact) mass is 509 g/mol. The number of rotatable bonds is 7. The maximum absolute atomic E-state index is 13.4. The van der Waals surface area contributed by atoms with Gasteiger partial charge in [-0.25, -0.2) is 23.8 Å². The summed E-state index contributed by atoms with van der Waals surface area (Å²) in [5.74, 6) is -2.62. The molecule has 0 fully saturated rings. The topological polar surface area (TPSA) is 144 Å². The van der Waals surface area contributed by atoms with E-state index < -0.39 is 23.7 Å². The number of halogens is 5. The van der Waals surface area contributed by atoms with E-state index in [1.165, 1.54) is 18.3 Å². The molecule has 0 aliphatic rings. The molecule has 0 aliphatic heterocycles. The molecule has 0 aliphatic carbocycles. The second kappa shape index (κ2) is 9.85. The van der Waals surface area contributed by atoms with Crippen LogP contribution < -0.4 is 16.8 Å². The standard InChI is InChI=1S/C21H16ClF4N7O2/c1-10(31-12-2-3-16(23)15(22)7-12)29-9-14(11-6-13(20(34)35)18(27)30-8-11)19(28)33-5-4-17(32-33)21(24,25)26/h2-9,31H,1,28H2,(H2,27,30)(H,34,35)/b19-14-,29-9?. The molecular formula is C21H16ClF4N7O2. The van der Waals surface area contributed by atoms with Gasteiger partial charge in [-0.1, -0.05) is 18.2 Å². The first-order valence-electron chi connectivity index (χ1n) is 9.44. The normalized spacial score (nSPS) is 12.5. The number of nitrogens with one attached hydrogen (secondary N) is 1. The lowest BCUT2D eigenvalue weighted by Gasteiger charge is -2.11. The zero-order chi connectivity index (χ0) is 25.9. The summed E-state index contributed by atoms with van der Waals surface area (Å²) in [4.78, 5) is 19.3. The first kappa shape index (κ1) is 25.2. The Balaban J connectivity index is 2.04. The van der Waals surface area contributed by atoms with Gasteiger partial charge in [0, 0.05) is 35.4 Å². The third kappa shape index (κ3) is 5.95. The number of pyridine rings is 1. The van der Waals surface area contributed by atoms with Crippen molar-refractivity contribution in [3.8, 4) is 0 Å². The lowest BCUT2D eigenvalue weighted by molar-refractivity contribution is -0.141. The average Bonchev–Trinajstić information content (AvgIpc) is 3.28. The summed E-state index contributed by atoms with van der Waals surface area (Å²) in [7, 11) is 0. The summed E-state index contributed by atoms with van der Waals surface area (Å²) in [6.45, 7) is 3.69. The second-order valence-corrected chi connectivity index (χ2v) is 7.27. The number of hydrogen-bond donors (Lipinski definition) is 4. The number of aromatic carboxylic acids is 1. The smallest absolute Gasteiger partial charge is 0.435 e. The molecule has 0 saturated carbocycles. The lowest BCUT2D eigenvalue weighted by atomic mass is 10.1. The van der Waals surface area contributed by atoms with Crippen molar-refractivity contribution in [2.75, 3.05) is 11.1 Å². The SMILES string of the molecule is C=C(N=C/C(=C(\N)n1ccc(C(F)(F)F)n1)c1cnc(N)c(C(=O)O)c1)Nc1ccc(F)c(Cl)c1. The van der Waals surface area contributed by atoms with E-state index in [-0.39, 0.29) is 39.2 Å². The largest absolute Gasteiger partial charge is 0.478 e. The van der Waals surface area contributed by atoms with E-state index in [1.54, 1.807) is 0 Å². The number of nitrogens with two attached hydrogens (primary N) is 2. The Kier molecular flexibility index (Phi) is 7.10. The molecule has 3 rings (SSSR count). The quantitative estimate of drug-likeness (QED) is 0.274. The molecule has 35 heavy (non-hydrogen) atoms. The van der Waals surface area contributed by atoms with E-state index >= 15 is 0 Å². The molecule has 14 heteroatoms. The van der Waals surface area contributed by atoms with Gasteiger partial charge in [0.05, 0.1) is 5.02 Å². The molecule has 2 aromatic heterocycles. The zero-order valence-corrected chi connectivity index (χ0v) is 18.3. The minimum absolute atomic E-state index is 0.0104. The summed E-state index contributed by atoms with van der Waals surface area (Å²) in [5, 5.41) is 15.4. The van der Waals surface area contributed by atoms with E-state index in [0.717, 1.165) is 29.2 Å². The zero-order valence-electron chi connectivity index (χ0n) is 17.5. The van der Waals surface area contributed by atoms with E-state index in [9.17, 15) is 27.5 Å². The van der Waals surface area contributed by atoms with E-state index in [4.69, 9.17) is 23.1 Å². The van der Waals surface area contributed by atoms with Gasteiger partial charge in [0.2, 0.25) is 0 Å². The fourth-order valence-electron chi connectivity index (χ4n) is 2.73. The van der Waals surface area contributed by atoms with Gasteiger partial charge in [0.1, 0.15) is 28.8 Å². The highest BCUT2D eigenvalue weighted by Gasteiger charge is 2.33. The van der Waals surface area contributed by atoms with Crippen molar-refractivity contribution in [2.24, 2.45) is 10.7 Å². The van der Waals surface area contributed by atoms with Gasteiger partial charge >= 0.3 is 12.1 Å². The van der Waals surface area contributed by atoms with Crippen LogP contribution in [0.1, 0.15) is 21.6 Å². The van der Waals surface area contributed by atoms with Gasteiger partial charge in [-0.2, -0.15) is 18.3 Å². The predicted octanol–water partition coefficient (Wildman–Crippen LogP) is 4.31. The van der Waals surface area contributed by atoms with Crippen LogP contribution in [0.15, 0.2) is 60.1 Å².